The molecule has 136 valence electrons. The first kappa shape index (κ1) is 16.9. The number of fused-ring (bicyclic) bond motifs is 1. The summed E-state index contributed by atoms with van der Waals surface area (Å²) in [6, 6.07) is 5.15. The van der Waals surface area contributed by atoms with Gasteiger partial charge in [-0.3, -0.25) is 4.79 Å². The van der Waals surface area contributed by atoms with E-state index in [1.54, 1.807) is 6.07 Å². The SMILES string of the molecule is O=C(C1CCCc2cc(Oc3c(F)cccc3F)nnc21)N1CCCC1. The summed E-state index contributed by atoms with van der Waals surface area (Å²) >= 11 is 0. The molecule has 5 nitrogen and oxygen atoms in total. The normalized spacial score (nSPS) is 19.3. The number of amides is 1. The van der Waals surface area contributed by atoms with Gasteiger partial charge in [0.2, 0.25) is 17.5 Å². The van der Waals surface area contributed by atoms with Gasteiger partial charge in [0.05, 0.1) is 11.6 Å². The lowest BCUT2D eigenvalue weighted by molar-refractivity contribution is -0.132. The first-order valence-electron chi connectivity index (χ1n) is 8.90. The highest BCUT2D eigenvalue weighted by molar-refractivity contribution is 5.84. The van der Waals surface area contributed by atoms with Crippen LogP contribution in [0.25, 0.3) is 0 Å². The van der Waals surface area contributed by atoms with E-state index < -0.39 is 17.4 Å². The molecule has 1 amide bonds. The summed E-state index contributed by atoms with van der Waals surface area (Å²) in [5, 5.41) is 8.13. The van der Waals surface area contributed by atoms with Crippen LogP contribution in [-0.4, -0.2) is 34.1 Å². The van der Waals surface area contributed by atoms with Crippen molar-refractivity contribution in [1.82, 2.24) is 15.1 Å². The molecule has 1 unspecified atom stereocenters. The molecule has 0 bridgehead atoms. The van der Waals surface area contributed by atoms with Crippen LogP contribution in [0.4, 0.5) is 8.78 Å². The predicted molar refractivity (Wildman–Crippen MR) is 90.0 cm³/mol. The second-order valence-corrected chi connectivity index (χ2v) is 6.72. The number of benzene rings is 1. The molecule has 1 aliphatic heterocycles. The molecule has 1 atom stereocenters. The number of halogens is 2. The van der Waals surface area contributed by atoms with Gasteiger partial charge in [-0.2, -0.15) is 5.10 Å². The maximum atomic E-state index is 13.8. The molecule has 1 aromatic heterocycles. The first-order valence-corrected chi connectivity index (χ1v) is 8.90. The maximum Gasteiger partial charge on any atom is 0.239 e. The Bertz CT molecular complexity index is 817. The molecule has 0 N–H and O–H groups in total. The largest absolute Gasteiger partial charge is 0.431 e. The zero-order valence-electron chi connectivity index (χ0n) is 14.3. The molecule has 0 spiro atoms. The number of hydrogen-bond acceptors (Lipinski definition) is 4. The van der Waals surface area contributed by atoms with Crippen LogP contribution < -0.4 is 4.74 Å². The van der Waals surface area contributed by atoms with Crippen molar-refractivity contribution in [3.63, 3.8) is 0 Å². The summed E-state index contributed by atoms with van der Waals surface area (Å²) < 4.78 is 32.8. The number of likely N-dealkylation sites (tertiary alicyclic amines) is 1. The number of aromatic nitrogens is 2. The smallest absolute Gasteiger partial charge is 0.239 e. The van der Waals surface area contributed by atoms with Crippen LogP contribution in [0, 0.1) is 11.6 Å². The van der Waals surface area contributed by atoms with Gasteiger partial charge in [-0.25, -0.2) is 8.78 Å². The van der Waals surface area contributed by atoms with Crippen molar-refractivity contribution in [2.45, 2.75) is 38.0 Å². The number of rotatable bonds is 3. The van der Waals surface area contributed by atoms with Gasteiger partial charge < -0.3 is 9.64 Å². The second-order valence-electron chi connectivity index (χ2n) is 6.72. The average Bonchev–Trinajstić information content (AvgIpc) is 3.18. The molecule has 26 heavy (non-hydrogen) atoms. The van der Waals surface area contributed by atoms with E-state index in [0.29, 0.717) is 5.69 Å². The monoisotopic (exact) mass is 359 g/mol. The van der Waals surface area contributed by atoms with E-state index in [1.165, 1.54) is 6.07 Å². The van der Waals surface area contributed by atoms with Crippen molar-refractivity contribution in [2.75, 3.05) is 13.1 Å². The van der Waals surface area contributed by atoms with Crippen LogP contribution in [0.1, 0.15) is 42.9 Å². The summed E-state index contributed by atoms with van der Waals surface area (Å²) in [5.41, 5.74) is 1.52. The van der Waals surface area contributed by atoms with Crippen molar-refractivity contribution >= 4 is 5.91 Å². The van der Waals surface area contributed by atoms with E-state index >= 15 is 0 Å². The van der Waals surface area contributed by atoms with Crippen molar-refractivity contribution < 1.29 is 18.3 Å². The van der Waals surface area contributed by atoms with Gasteiger partial charge in [0.1, 0.15) is 0 Å². The lowest BCUT2D eigenvalue weighted by atomic mass is 9.86. The fourth-order valence-electron chi connectivity index (χ4n) is 3.68. The van der Waals surface area contributed by atoms with Gasteiger partial charge in [-0.1, -0.05) is 6.07 Å². The third-order valence-electron chi connectivity index (χ3n) is 4.99. The van der Waals surface area contributed by atoms with Crippen LogP contribution in [-0.2, 0) is 11.2 Å². The zero-order chi connectivity index (χ0) is 18.1. The van der Waals surface area contributed by atoms with Crippen LogP contribution in [0.3, 0.4) is 0 Å². The summed E-state index contributed by atoms with van der Waals surface area (Å²) in [5.74, 6) is -2.25. The lowest BCUT2D eigenvalue weighted by Gasteiger charge is -2.27. The van der Waals surface area contributed by atoms with Gasteiger partial charge in [0.25, 0.3) is 0 Å². The Hall–Kier alpha value is -2.57. The van der Waals surface area contributed by atoms with E-state index in [9.17, 15) is 13.6 Å². The minimum absolute atomic E-state index is 0.0296. The van der Waals surface area contributed by atoms with Gasteiger partial charge in [-0.05, 0) is 49.8 Å². The van der Waals surface area contributed by atoms with E-state index in [2.05, 4.69) is 10.2 Å². The van der Waals surface area contributed by atoms with Crippen LogP contribution in [0.2, 0.25) is 0 Å². The highest BCUT2D eigenvalue weighted by atomic mass is 19.1. The Morgan fingerprint density at radius 1 is 1.12 bits per heavy atom. The Morgan fingerprint density at radius 3 is 2.58 bits per heavy atom. The molecule has 4 rings (SSSR count). The molecular formula is C19H19F2N3O2. The van der Waals surface area contributed by atoms with Crippen molar-refractivity contribution in [2.24, 2.45) is 0 Å². The van der Waals surface area contributed by atoms with E-state index in [0.717, 1.165) is 62.9 Å². The third kappa shape index (κ3) is 3.13. The Morgan fingerprint density at radius 2 is 1.85 bits per heavy atom. The first-order chi connectivity index (χ1) is 12.6. The van der Waals surface area contributed by atoms with Gasteiger partial charge >= 0.3 is 0 Å². The molecular weight excluding hydrogens is 340 g/mol. The quantitative estimate of drug-likeness (QED) is 0.840. The highest BCUT2D eigenvalue weighted by Gasteiger charge is 2.33. The number of nitrogens with zero attached hydrogens (tertiary/aromatic N) is 3. The van der Waals surface area contributed by atoms with E-state index in [-0.39, 0.29) is 17.7 Å². The van der Waals surface area contributed by atoms with Gasteiger partial charge in [0.15, 0.2) is 11.6 Å². The minimum Gasteiger partial charge on any atom is -0.431 e. The van der Waals surface area contributed by atoms with Crippen molar-refractivity contribution in [3.05, 3.63) is 47.2 Å². The van der Waals surface area contributed by atoms with Gasteiger partial charge in [-0.15, -0.1) is 5.10 Å². The molecule has 7 heteroatoms. The Labute approximate surface area is 150 Å². The highest BCUT2D eigenvalue weighted by Crippen LogP contribution is 2.34. The Balaban J connectivity index is 1.59. The summed E-state index contributed by atoms with van der Waals surface area (Å²) in [6.07, 6.45) is 4.43. The molecule has 1 saturated heterocycles. The number of aryl methyl sites for hydroxylation is 1. The minimum atomic E-state index is -0.799. The molecule has 0 radical (unpaired) electrons. The molecule has 1 fully saturated rings. The number of para-hydroxylation sites is 1. The average molecular weight is 359 g/mol. The number of hydrogen-bond donors (Lipinski definition) is 0. The molecule has 1 aliphatic carbocycles. The van der Waals surface area contributed by atoms with Crippen molar-refractivity contribution in [1.29, 1.82) is 0 Å². The molecule has 2 heterocycles. The Kier molecular flexibility index (Phi) is 4.53. The topological polar surface area (TPSA) is 55.3 Å². The van der Waals surface area contributed by atoms with E-state index in [1.807, 2.05) is 4.90 Å². The number of carbonyl (C=O) groups is 1. The fraction of sp³-hybridized carbons (Fsp3) is 0.421. The molecule has 2 aliphatic rings. The summed E-state index contributed by atoms with van der Waals surface area (Å²) in [4.78, 5) is 14.6. The summed E-state index contributed by atoms with van der Waals surface area (Å²) in [6.45, 7) is 1.59. The molecule has 1 aromatic carbocycles. The standard InChI is InChI=1S/C19H19F2N3O2/c20-14-7-4-8-15(21)18(14)26-16-11-12-5-3-6-13(17(12)23-22-16)19(25)24-9-1-2-10-24/h4,7-8,11,13H,1-3,5-6,9-10H2. The zero-order valence-corrected chi connectivity index (χ0v) is 14.3. The molecule has 0 saturated carbocycles. The fourth-order valence-corrected chi connectivity index (χ4v) is 3.68. The lowest BCUT2D eigenvalue weighted by Crippen LogP contribution is -2.34. The number of carbonyl (C=O) groups excluding carboxylic acids is 1. The third-order valence-corrected chi connectivity index (χ3v) is 4.99. The van der Waals surface area contributed by atoms with Crippen LogP contribution in [0.15, 0.2) is 24.3 Å². The predicted octanol–water partition coefficient (Wildman–Crippen LogP) is 3.59. The van der Waals surface area contributed by atoms with Crippen LogP contribution in [0.5, 0.6) is 11.6 Å². The van der Waals surface area contributed by atoms with Gasteiger partial charge in [0, 0.05) is 19.2 Å². The number of ether oxygens (including phenoxy) is 1. The van der Waals surface area contributed by atoms with Crippen molar-refractivity contribution in [3.8, 4) is 11.6 Å². The molecule has 2 aromatic rings. The van der Waals surface area contributed by atoms with E-state index in [4.69, 9.17) is 4.74 Å². The summed E-state index contributed by atoms with van der Waals surface area (Å²) in [7, 11) is 0. The van der Waals surface area contributed by atoms with Crippen LogP contribution >= 0.6 is 0 Å². The maximum absolute atomic E-state index is 13.8. The second kappa shape index (κ2) is 6.97.